The van der Waals surface area contributed by atoms with Crippen LogP contribution in [-0.2, 0) is 0 Å². The van der Waals surface area contributed by atoms with Crippen molar-refractivity contribution in [3.05, 3.63) is 224 Å². The van der Waals surface area contributed by atoms with Crippen LogP contribution < -0.4 is 4.90 Å². The minimum absolute atomic E-state index is 0.583. The monoisotopic (exact) mass is 821 g/mol. The zero-order chi connectivity index (χ0) is 42.4. The van der Waals surface area contributed by atoms with E-state index < -0.39 is 0 Å². The average molecular weight is 822 g/mol. The fraction of sp³-hybridized carbons (Fsp3) is 0.0968. The molecule has 0 aliphatic heterocycles. The standard InChI is InChI=1S/C62H47NO/c1-2-14-45(15-3-1)53-24-11-18-48-19-12-26-56(61(48)53)55-21-6-8-27-58(55)63(50-40-36-47(37-41-50)54-25-13-29-60-62(54)57-22-7-9-28-59(57)64-60)49-38-34-43(35-39-49)42-30-32-46(33-31-42)52-23-10-17-44-16-4-5-20-51(44)52/h4-13,16-41,45H,1-3,14-15H2. The third-order valence-electron chi connectivity index (χ3n) is 13.7. The van der Waals surface area contributed by atoms with Crippen molar-refractivity contribution in [1.82, 2.24) is 0 Å². The van der Waals surface area contributed by atoms with Gasteiger partial charge in [0.05, 0.1) is 5.69 Å². The summed E-state index contributed by atoms with van der Waals surface area (Å²) in [4.78, 5) is 2.45. The topological polar surface area (TPSA) is 16.4 Å². The summed E-state index contributed by atoms with van der Waals surface area (Å²) in [6.07, 6.45) is 6.47. The van der Waals surface area contributed by atoms with Crippen molar-refractivity contribution >= 4 is 60.5 Å². The van der Waals surface area contributed by atoms with Crippen LogP contribution in [-0.4, -0.2) is 0 Å². The van der Waals surface area contributed by atoms with Crippen LogP contribution >= 0.6 is 0 Å². The second-order valence-corrected chi connectivity index (χ2v) is 17.4. The van der Waals surface area contributed by atoms with Crippen molar-refractivity contribution in [2.24, 2.45) is 0 Å². The number of hydrogen-bond donors (Lipinski definition) is 0. The quantitative estimate of drug-likeness (QED) is 0.152. The zero-order valence-electron chi connectivity index (χ0n) is 35.8. The molecule has 0 N–H and O–H groups in total. The molecule has 1 aliphatic rings. The summed E-state index contributed by atoms with van der Waals surface area (Å²) >= 11 is 0. The van der Waals surface area contributed by atoms with Crippen LogP contribution in [0.2, 0.25) is 0 Å². The highest BCUT2D eigenvalue weighted by Gasteiger charge is 2.23. The van der Waals surface area contributed by atoms with E-state index in [2.05, 4.69) is 217 Å². The number of nitrogens with zero attached hydrogens (tertiary/aromatic N) is 1. The van der Waals surface area contributed by atoms with Crippen LogP contribution in [0, 0.1) is 0 Å². The van der Waals surface area contributed by atoms with E-state index in [9.17, 15) is 0 Å². The Balaban J connectivity index is 0.973. The first-order valence-corrected chi connectivity index (χ1v) is 22.9. The van der Waals surface area contributed by atoms with E-state index in [1.807, 2.05) is 6.07 Å². The molecular weight excluding hydrogens is 775 g/mol. The number of rotatable bonds is 8. The summed E-state index contributed by atoms with van der Waals surface area (Å²) in [6.45, 7) is 0. The summed E-state index contributed by atoms with van der Waals surface area (Å²) < 4.78 is 6.30. The molecule has 306 valence electrons. The Hall–Kier alpha value is -7.68. The molecule has 0 saturated heterocycles. The van der Waals surface area contributed by atoms with Gasteiger partial charge in [-0.15, -0.1) is 0 Å². The van der Waals surface area contributed by atoms with Gasteiger partial charge in [-0.05, 0) is 127 Å². The van der Waals surface area contributed by atoms with Gasteiger partial charge >= 0.3 is 0 Å². The molecule has 0 bridgehead atoms. The number of para-hydroxylation sites is 2. The minimum atomic E-state index is 0.583. The molecule has 1 heterocycles. The van der Waals surface area contributed by atoms with E-state index in [4.69, 9.17) is 4.42 Å². The number of anilines is 3. The smallest absolute Gasteiger partial charge is 0.136 e. The zero-order valence-corrected chi connectivity index (χ0v) is 35.8. The first-order chi connectivity index (χ1) is 31.7. The highest BCUT2D eigenvalue weighted by molar-refractivity contribution is 6.12. The Kier molecular flexibility index (Phi) is 9.64. The fourth-order valence-electron chi connectivity index (χ4n) is 10.6. The molecular formula is C62H47NO. The van der Waals surface area contributed by atoms with Crippen molar-refractivity contribution in [3.63, 3.8) is 0 Å². The van der Waals surface area contributed by atoms with Gasteiger partial charge in [-0.1, -0.05) is 195 Å². The SMILES string of the molecule is c1ccc(N(c2ccc(-c3ccc(-c4cccc5ccccc45)cc3)cc2)c2ccc(-c3cccc4oc5ccccc5c34)cc2)c(-c2cccc3cccc(C4CCCCC4)c23)c1. The lowest BCUT2D eigenvalue weighted by Crippen LogP contribution is -2.11. The second kappa shape index (κ2) is 16.2. The Morgan fingerprint density at radius 2 is 0.859 bits per heavy atom. The molecule has 0 amide bonds. The average Bonchev–Trinajstić information content (AvgIpc) is 3.76. The van der Waals surface area contributed by atoms with E-state index in [0.717, 1.165) is 44.6 Å². The second-order valence-electron chi connectivity index (χ2n) is 17.4. The Morgan fingerprint density at radius 1 is 0.344 bits per heavy atom. The summed E-state index contributed by atoms with van der Waals surface area (Å²) in [5, 5.41) is 7.52. The first-order valence-electron chi connectivity index (χ1n) is 22.9. The van der Waals surface area contributed by atoms with Crippen LogP contribution in [0.3, 0.4) is 0 Å². The predicted octanol–water partition coefficient (Wildman–Crippen LogP) is 18.1. The molecule has 64 heavy (non-hydrogen) atoms. The number of benzene rings is 10. The van der Waals surface area contributed by atoms with E-state index >= 15 is 0 Å². The van der Waals surface area contributed by atoms with E-state index in [-0.39, 0.29) is 0 Å². The molecule has 0 atom stereocenters. The predicted molar refractivity (Wildman–Crippen MR) is 271 cm³/mol. The van der Waals surface area contributed by atoms with Crippen molar-refractivity contribution in [2.75, 3.05) is 4.90 Å². The lowest BCUT2D eigenvalue weighted by molar-refractivity contribution is 0.445. The minimum Gasteiger partial charge on any atom is -0.456 e. The van der Waals surface area contributed by atoms with Crippen molar-refractivity contribution in [2.45, 2.75) is 38.0 Å². The molecule has 1 aliphatic carbocycles. The summed E-state index contributed by atoms with van der Waals surface area (Å²) in [5.74, 6) is 0.583. The van der Waals surface area contributed by atoms with Crippen molar-refractivity contribution < 1.29 is 4.42 Å². The molecule has 11 aromatic rings. The van der Waals surface area contributed by atoms with Gasteiger partial charge in [0.2, 0.25) is 0 Å². The molecule has 12 rings (SSSR count). The van der Waals surface area contributed by atoms with E-state index in [1.165, 1.54) is 98.2 Å². The van der Waals surface area contributed by atoms with Gasteiger partial charge in [0.15, 0.2) is 0 Å². The molecule has 0 unspecified atom stereocenters. The summed E-state index contributed by atoms with van der Waals surface area (Å²) in [6, 6.07) is 80.0. The highest BCUT2D eigenvalue weighted by Crippen LogP contribution is 2.47. The molecule has 2 heteroatoms. The lowest BCUT2D eigenvalue weighted by atomic mass is 9.80. The van der Waals surface area contributed by atoms with Gasteiger partial charge in [-0.3, -0.25) is 0 Å². The molecule has 10 aromatic carbocycles. The normalized spacial score (nSPS) is 13.2. The van der Waals surface area contributed by atoms with Crippen molar-refractivity contribution in [1.29, 1.82) is 0 Å². The molecule has 2 nitrogen and oxygen atoms in total. The molecule has 1 fully saturated rings. The van der Waals surface area contributed by atoms with Crippen LogP contribution in [0.25, 0.3) is 88.0 Å². The van der Waals surface area contributed by atoms with Gasteiger partial charge in [-0.2, -0.15) is 0 Å². The van der Waals surface area contributed by atoms with Gasteiger partial charge in [0.1, 0.15) is 11.2 Å². The Morgan fingerprint density at radius 3 is 1.64 bits per heavy atom. The third kappa shape index (κ3) is 6.74. The number of fused-ring (bicyclic) bond motifs is 5. The largest absolute Gasteiger partial charge is 0.456 e. The van der Waals surface area contributed by atoms with Gasteiger partial charge < -0.3 is 9.32 Å². The van der Waals surface area contributed by atoms with Gasteiger partial charge in [-0.25, -0.2) is 0 Å². The maximum atomic E-state index is 6.30. The van der Waals surface area contributed by atoms with Gasteiger partial charge in [0, 0.05) is 27.7 Å². The van der Waals surface area contributed by atoms with Crippen LogP contribution in [0.4, 0.5) is 17.1 Å². The van der Waals surface area contributed by atoms with Gasteiger partial charge in [0.25, 0.3) is 0 Å². The maximum Gasteiger partial charge on any atom is 0.136 e. The Bertz CT molecular complexity index is 3450. The molecule has 0 spiro atoms. The van der Waals surface area contributed by atoms with Crippen LogP contribution in [0.5, 0.6) is 0 Å². The number of hydrogen-bond acceptors (Lipinski definition) is 2. The molecule has 0 radical (unpaired) electrons. The Labute approximate surface area is 374 Å². The van der Waals surface area contributed by atoms with Crippen LogP contribution in [0.1, 0.15) is 43.6 Å². The third-order valence-corrected chi connectivity index (χ3v) is 13.7. The lowest BCUT2D eigenvalue weighted by Gasteiger charge is -2.29. The highest BCUT2D eigenvalue weighted by atomic mass is 16.3. The molecule has 1 saturated carbocycles. The van der Waals surface area contributed by atoms with E-state index in [1.54, 1.807) is 0 Å². The number of furan rings is 1. The molecule has 1 aromatic heterocycles. The van der Waals surface area contributed by atoms with E-state index in [0.29, 0.717) is 5.92 Å². The maximum absolute atomic E-state index is 6.30. The summed E-state index contributed by atoms with van der Waals surface area (Å²) in [5.41, 5.74) is 16.4. The van der Waals surface area contributed by atoms with Crippen molar-refractivity contribution in [3.8, 4) is 44.5 Å². The summed E-state index contributed by atoms with van der Waals surface area (Å²) in [7, 11) is 0. The fourth-order valence-corrected chi connectivity index (χ4v) is 10.6. The first kappa shape index (κ1) is 38.0. The van der Waals surface area contributed by atoms with Crippen LogP contribution in [0.15, 0.2) is 223 Å².